The van der Waals surface area contributed by atoms with Gasteiger partial charge >= 0.3 is 0 Å². The minimum atomic E-state index is 0.0359. The van der Waals surface area contributed by atoms with Gasteiger partial charge in [-0.1, -0.05) is 0 Å². The molecule has 1 aliphatic carbocycles. The van der Waals surface area contributed by atoms with Crippen LogP contribution in [-0.4, -0.2) is 34.2 Å². The van der Waals surface area contributed by atoms with E-state index in [0.717, 1.165) is 11.0 Å². The number of halogens is 1. The van der Waals surface area contributed by atoms with Crippen LogP contribution < -0.4 is 0 Å². The van der Waals surface area contributed by atoms with E-state index in [1.807, 2.05) is 7.05 Å². The third-order valence-corrected chi connectivity index (χ3v) is 3.25. The number of hydrogen-bond donors (Lipinski definition) is 0. The fourth-order valence-corrected chi connectivity index (χ4v) is 2.12. The van der Waals surface area contributed by atoms with E-state index in [1.165, 1.54) is 12.8 Å². The second-order valence-electron chi connectivity index (χ2n) is 4.09. The van der Waals surface area contributed by atoms with Gasteiger partial charge in [-0.05, 0) is 34.7 Å². The van der Waals surface area contributed by atoms with Crippen LogP contribution in [0.5, 0.6) is 0 Å². The maximum atomic E-state index is 12.0. The SMILES string of the molecule is CN(CC1CC1)C(=O)c1c(Br)cnn1C. The molecule has 82 valence electrons. The highest BCUT2D eigenvalue weighted by atomic mass is 79.9. The number of hydrogen-bond acceptors (Lipinski definition) is 2. The highest BCUT2D eigenvalue weighted by molar-refractivity contribution is 9.10. The molecule has 1 saturated carbocycles. The van der Waals surface area contributed by atoms with Gasteiger partial charge in [0.25, 0.3) is 5.91 Å². The molecule has 1 amide bonds. The van der Waals surface area contributed by atoms with Gasteiger partial charge in [0, 0.05) is 20.6 Å². The number of carbonyl (C=O) groups excluding carboxylic acids is 1. The lowest BCUT2D eigenvalue weighted by Crippen LogP contribution is -2.30. The molecule has 4 nitrogen and oxygen atoms in total. The van der Waals surface area contributed by atoms with E-state index in [-0.39, 0.29) is 5.91 Å². The number of aryl methyl sites for hydroxylation is 1. The smallest absolute Gasteiger partial charge is 0.273 e. The van der Waals surface area contributed by atoms with Crippen LogP contribution in [0, 0.1) is 5.92 Å². The van der Waals surface area contributed by atoms with Crippen LogP contribution in [0.1, 0.15) is 23.3 Å². The molecule has 0 bridgehead atoms. The molecule has 1 aromatic heterocycles. The van der Waals surface area contributed by atoms with Crippen molar-refractivity contribution in [1.29, 1.82) is 0 Å². The van der Waals surface area contributed by atoms with Crippen molar-refractivity contribution >= 4 is 21.8 Å². The Bertz CT molecular complexity index is 365. The maximum Gasteiger partial charge on any atom is 0.273 e. The molecule has 2 rings (SSSR count). The molecule has 1 fully saturated rings. The molecule has 0 aromatic carbocycles. The topological polar surface area (TPSA) is 38.1 Å². The van der Waals surface area contributed by atoms with Gasteiger partial charge in [-0.3, -0.25) is 9.48 Å². The molecule has 1 heterocycles. The standard InChI is InChI=1S/C10H14BrN3O/c1-13(6-7-3-4-7)10(15)9-8(11)5-12-14(9)2/h5,7H,3-4,6H2,1-2H3. The quantitative estimate of drug-likeness (QED) is 0.839. The molecule has 0 aliphatic heterocycles. The van der Waals surface area contributed by atoms with Gasteiger partial charge in [-0.2, -0.15) is 5.10 Å². The van der Waals surface area contributed by atoms with Crippen LogP contribution in [0.2, 0.25) is 0 Å². The maximum absolute atomic E-state index is 12.0. The monoisotopic (exact) mass is 271 g/mol. The zero-order valence-electron chi connectivity index (χ0n) is 8.90. The summed E-state index contributed by atoms with van der Waals surface area (Å²) in [6.07, 6.45) is 4.16. The van der Waals surface area contributed by atoms with Gasteiger partial charge in [-0.25, -0.2) is 0 Å². The van der Waals surface area contributed by atoms with Gasteiger partial charge in [0.1, 0.15) is 5.69 Å². The molecule has 0 unspecified atom stereocenters. The van der Waals surface area contributed by atoms with E-state index in [4.69, 9.17) is 0 Å². The Kier molecular flexibility index (Phi) is 2.82. The highest BCUT2D eigenvalue weighted by Crippen LogP contribution is 2.30. The summed E-state index contributed by atoms with van der Waals surface area (Å²) in [5.74, 6) is 0.750. The van der Waals surface area contributed by atoms with E-state index < -0.39 is 0 Å². The van der Waals surface area contributed by atoms with Gasteiger partial charge in [0.2, 0.25) is 0 Å². The number of amides is 1. The van der Waals surface area contributed by atoms with Crippen molar-refractivity contribution in [3.63, 3.8) is 0 Å². The van der Waals surface area contributed by atoms with Gasteiger partial charge in [0.05, 0.1) is 10.7 Å². The van der Waals surface area contributed by atoms with Gasteiger partial charge < -0.3 is 4.90 Å². The van der Waals surface area contributed by atoms with Crippen molar-refractivity contribution in [3.8, 4) is 0 Å². The van der Waals surface area contributed by atoms with Crippen molar-refractivity contribution in [1.82, 2.24) is 14.7 Å². The zero-order chi connectivity index (χ0) is 11.0. The number of aromatic nitrogens is 2. The van der Waals surface area contributed by atoms with Crippen molar-refractivity contribution in [2.75, 3.05) is 13.6 Å². The average molecular weight is 272 g/mol. The van der Waals surface area contributed by atoms with Crippen molar-refractivity contribution in [3.05, 3.63) is 16.4 Å². The first-order valence-electron chi connectivity index (χ1n) is 5.02. The van der Waals surface area contributed by atoms with Gasteiger partial charge in [-0.15, -0.1) is 0 Å². The Balaban J connectivity index is 2.11. The molecule has 5 heteroatoms. The van der Waals surface area contributed by atoms with Crippen LogP contribution >= 0.6 is 15.9 Å². The summed E-state index contributed by atoms with van der Waals surface area (Å²) in [5, 5.41) is 4.04. The number of carbonyl (C=O) groups is 1. The average Bonchev–Trinajstić information content (AvgIpc) is 2.93. The van der Waals surface area contributed by atoms with Crippen molar-refractivity contribution < 1.29 is 4.79 Å². The van der Waals surface area contributed by atoms with Crippen LogP contribution in [-0.2, 0) is 7.05 Å². The summed E-state index contributed by atoms with van der Waals surface area (Å²) >= 11 is 3.34. The molecule has 0 saturated heterocycles. The normalized spacial score (nSPS) is 15.4. The molecule has 0 atom stereocenters. The number of nitrogens with zero attached hydrogens (tertiary/aromatic N) is 3. The summed E-state index contributed by atoms with van der Waals surface area (Å²) in [5.41, 5.74) is 0.623. The highest BCUT2D eigenvalue weighted by Gasteiger charge is 2.27. The lowest BCUT2D eigenvalue weighted by molar-refractivity contribution is 0.0777. The predicted molar refractivity (Wildman–Crippen MR) is 60.6 cm³/mol. The van der Waals surface area contributed by atoms with E-state index in [1.54, 1.807) is 22.8 Å². The Hall–Kier alpha value is -0.840. The van der Waals surface area contributed by atoms with E-state index in [0.29, 0.717) is 11.6 Å². The minimum absolute atomic E-state index is 0.0359. The van der Waals surface area contributed by atoms with E-state index in [2.05, 4.69) is 21.0 Å². The Morgan fingerprint density at radius 3 is 2.87 bits per heavy atom. The van der Waals surface area contributed by atoms with E-state index in [9.17, 15) is 4.79 Å². The zero-order valence-corrected chi connectivity index (χ0v) is 10.5. The van der Waals surface area contributed by atoms with Crippen LogP contribution in [0.25, 0.3) is 0 Å². The Morgan fingerprint density at radius 1 is 1.73 bits per heavy atom. The summed E-state index contributed by atoms with van der Waals surface area (Å²) in [6.45, 7) is 0.858. The Morgan fingerprint density at radius 2 is 2.40 bits per heavy atom. The third kappa shape index (κ3) is 2.22. The molecule has 0 N–H and O–H groups in total. The lowest BCUT2D eigenvalue weighted by atomic mass is 10.3. The first-order chi connectivity index (χ1) is 7.09. The molecule has 0 radical (unpaired) electrons. The summed E-state index contributed by atoms with van der Waals surface area (Å²) in [7, 11) is 3.63. The molecule has 1 aromatic rings. The summed E-state index contributed by atoms with van der Waals surface area (Å²) < 4.78 is 2.37. The fraction of sp³-hybridized carbons (Fsp3) is 0.600. The Labute approximate surface area is 97.4 Å². The first kappa shape index (κ1) is 10.7. The first-order valence-corrected chi connectivity index (χ1v) is 5.82. The van der Waals surface area contributed by atoms with Crippen LogP contribution in [0.4, 0.5) is 0 Å². The summed E-state index contributed by atoms with van der Waals surface area (Å²) in [4.78, 5) is 13.8. The minimum Gasteiger partial charge on any atom is -0.340 e. The second-order valence-corrected chi connectivity index (χ2v) is 4.95. The van der Waals surface area contributed by atoms with Crippen molar-refractivity contribution in [2.45, 2.75) is 12.8 Å². The molecule has 15 heavy (non-hydrogen) atoms. The molecule has 0 spiro atoms. The van der Waals surface area contributed by atoms with Crippen LogP contribution in [0.15, 0.2) is 10.7 Å². The number of rotatable bonds is 3. The fourth-order valence-electron chi connectivity index (χ4n) is 1.60. The van der Waals surface area contributed by atoms with Gasteiger partial charge in [0.15, 0.2) is 0 Å². The molecular weight excluding hydrogens is 258 g/mol. The lowest BCUT2D eigenvalue weighted by Gasteiger charge is -2.16. The second kappa shape index (κ2) is 3.96. The van der Waals surface area contributed by atoms with E-state index >= 15 is 0 Å². The van der Waals surface area contributed by atoms with Crippen LogP contribution in [0.3, 0.4) is 0 Å². The van der Waals surface area contributed by atoms with Crippen molar-refractivity contribution in [2.24, 2.45) is 13.0 Å². The predicted octanol–water partition coefficient (Wildman–Crippen LogP) is 1.66. The molecule has 1 aliphatic rings. The largest absolute Gasteiger partial charge is 0.340 e. The molecular formula is C10H14BrN3O. The third-order valence-electron chi connectivity index (χ3n) is 2.67. The summed E-state index contributed by atoms with van der Waals surface area (Å²) in [6, 6.07) is 0.